The molecule has 1 fully saturated rings. The maximum atomic E-state index is 14.3. The molecule has 1 atom stereocenters. The molecule has 4 heterocycles. The van der Waals surface area contributed by atoms with E-state index in [0.29, 0.717) is 18.9 Å². The van der Waals surface area contributed by atoms with Crippen LogP contribution in [0.25, 0.3) is 0 Å². The number of ether oxygens (including phenoxy) is 2. The Labute approximate surface area is 194 Å². The monoisotopic (exact) mass is 467 g/mol. The van der Waals surface area contributed by atoms with E-state index in [0.717, 1.165) is 24.1 Å². The molecule has 2 aromatic heterocycles. The number of aliphatic hydroxyl groups is 1. The minimum absolute atomic E-state index is 0.0161. The van der Waals surface area contributed by atoms with Gasteiger partial charge in [-0.3, -0.25) is 4.79 Å². The third-order valence-corrected chi connectivity index (χ3v) is 5.30. The fourth-order valence-electron chi connectivity index (χ4n) is 3.62. The van der Waals surface area contributed by atoms with Crippen LogP contribution in [-0.2, 0) is 9.53 Å². The number of carbonyl (C=O) groups excluding carboxylic acids is 1. The van der Waals surface area contributed by atoms with Crippen molar-refractivity contribution >= 4 is 40.7 Å². The predicted octanol–water partition coefficient (Wildman–Crippen LogP) is 2.03. The number of amides is 1. The zero-order valence-corrected chi connectivity index (χ0v) is 18.0. The van der Waals surface area contributed by atoms with Crippen LogP contribution >= 0.6 is 0 Å². The van der Waals surface area contributed by atoms with Crippen molar-refractivity contribution in [1.82, 2.24) is 15.0 Å². The van der Waals surface area contributed by atoms with E-state index in [-0.39, 0.29) is 48.6 Å². The quantitative estimate of drug-likeness (QED) is 0.427. The van der Waals surface area contributed by atoms with E-state index in [1.54, 1.807) is 12.1 Å². The number of aliphatic hydroxyl groups excluding tert-OH is 1. The summed E-state index contributed by atoms with van der Waals surface area (Å²) in [6.45, 7) is 1.83. The van der Waals surface area contributed by atoms with Gasteiger partial charge in [0.25, 0.3) is 5.91 Å². The maximum Gasteiger partial charge on any atom is 0.263 e. The van der Waals surface area contributed by atoms with Gasteiger partial charge in [-0.15, -0.1) is 0 Å². The molecule has 0 saturated carbocycles. The first kappa shape index (κ1) is 21.8. The van der Waals surface area contributed by atoms with Crippen LogP contribution in [0.3, 0.4) is 0 Å². The van der Waals surface area contributed by atoms with E-state index in [1.165, 1.54) is 0 Å². The first-order valence-corrected chi connectivity index (χ1v) is 10.6. The molecule has 12 heteroatoms. The molecule has 3 aromatic rings. The lowest BCUT2D eigenvalue weighted by Crippen LogP contribution is -2.44. The van der Waals surface area contributed by atoms with Gasteiger partial charge in [-0.05, 0) is 36.4 Å². The number of fused-ring (bicyclic) bond motifs is 1. The number of nitrogens with one attached hydrogen (secondary N) is 3. The molecule has 0 radical (unpaired) electrons. The first-order chi connectivity index (χ1) is 16.6. The summed E-state index contributed by atoms with van der Waals surface area (Å²) < 4.78 is 25.1. The van der Waals surface area contributed by atoms with E-state index in [4.69, 9.17) is 9.47 Å². The van der Waals surface area contributed by atoms with Crippen molar-refractivity contribution in [1.29, 1.82) is 0 Å². The fraction of sp³-hybridized carbons (Fsp3) is 0.273. The number of rotatable bonds is 6. The van der Waals surface area contributed by atoms with Crippen molar-refractivity contribution in [3.63, 3.8) is 0 Å². The Morgan fingerprint density at radius 1 is 1.18 bits per heavy atom. The van der Waals surface area contributed by atoms with Gasteiger partial charge in [0.15, 0.2) is 29.8 Å². The number of anilines is 6. The van der Waals surface area contributed by atoms with Crippen LogP contribution in [-0.4, -0.2) is 65.0 Å². The van der Waals surface area contributed by atoms with Gasteiger partial charge in [-0.2, -0.15) is 4.98 Å². The molecule has 1 aromatic carbocycles. The number of hydrogen-bond donors (Lipinski definition) is 4. The van der Waals surface area contributed by atoms with Gasteiger partial charge in [0.2, 0.25) is 5.95 Å². The molecule has 34 heavy (non-hydrogen) atoms. The van der Waals surface area contributed by atoms with Gasteiger partial charge in [0, 0.05) is 24.5 Å². The van der Waals surface area contributed by atoms with Crippen molar-refractivity contribution in [2.24, 2.45) is 0 Å². The van der Waals surface area contributed by atoms with Crippen LogP contribution in [0.2, 0.25) is 0 Å². The van der Waals surface area contributed by atoms with Crippen LogP contribution in [0.4, 0.5) is 39.2 Å². The lowest BCUT2D eigenvalue weighted by atomic mass is 10.2. The highest BCUT2D eigenvalue weighted by molar-refractivity contribution is 5.94. The van der Waals surface area contributed by atoms with Crippen LogP contribution in [0.1, 0.15) is 0 Å². The number of halogens is 1. The van der Waals surface area contributed by atoms with Crippen molar-refractivity contribution < 1.29 is 23.8 Å². The van der Waals surface area contributed by atoms with E-state index >= 15 is 0 Å². The van der Waals surface area contributed by atoms with Crippen molar-refractivity contribution in [2.75, 3.05) is 53.8 Å². The van der Waals surface area contributed by atoms with Crippen molar-refractivity contribution in [2.45, 2.75) is 6.10 Å². The zero-order valence-electron chi connectivity index (χ0n) is 18.0. The summed E-state index contributed by atoms with van der Waals surface area (Å²) in [6.07, 6.45) is 0.858. The van der Waals surface area contributed by atoms with Gasteiger partial charge in [0.05, 0.1) is 25.5 Å². The first-order valence-electron chi connectivity index (χ1n) is 10.6. The number of benzene rings is 1. The Hall–Kier alpha value is -4.03. The van der Waals surface area contributed by atoms with Gasteiger partial charge in [-0.1, -0.05) is 0 Å². The maximum absolute atomic E-state index is 14.3. The summed E-state index contributed by atoms with van der Waals surface area (Å²) in [4.78, 5) is 26.1. The minimum Gasteiger partial charge on any atom is -0.480 e. The minimum atomic E-state index is -0.661. The van der Waals surface area contributed by atoms with Gasteiger partial charge >= 0.3 is 0 Å². The predicted molar refractivity (Wildman–Crippen MR) is 122 cm³/mol. The van der Waals surface area contributed by atoms with Crippen molar-refractivity contribution in [3.8, 4) is 5.75 Å². The summed E-state index contributed by atoms with van der Waals surface area (Å²) in [7, 11) is 0. The van der Waals surface area contributed by atoms with Crippen LogP contribution in [0.15, 0.2) is 42.6 Å². The molecule has 1 unspecified atom stereocenters. The lowest BCUT2D eigenvalue weighted by Gasteiger charge is -2.33. The third-order valence-electron chi connectivity index (χ3n) is 5.30. The summed E-state index contributed by atoms with van der Waals surface area (Å²) >= 11 is 0. The number of aromatic nitrogens is 3. The van der Waals surface area contributed by atoms with E-state index < -0.39 is 5.82 Å². The SMILES string of the molecule is O=C1COc2ccc(Nc3nc(Nc4ccc(N5CCOC(CO)C5)cc4)ncc3F)nc2N1. The smallest absolute Gasteiger partial charge is 0.263 e. The third kappa shape index (κ3) is 4.82. The molecule has 1 amide bonds. The van der Waals surface area contributed by atoms with Gasteiger partial charge in [0.1, 0.15) is 5.82 Å². The molecular formula is C22H22FN7O4. The molecule has 1 saturated heterocycles. The average Bonchev–Trinajstić information content (AvgIpc) is 2.86. The van der Waals surface area contributed by atoms with E-state index in [9.17, 15) is 14.3 Å². The summed E-state index contributed by atoms with van der Waals surface area (Å²) in [6, 6.07) is 10.8. The number of carbonyl (C=O) groups is 1. The summed E-state index contributed by atoms with van der Waals surface area (Å²) in [5.41, 5.74) is 1.73. The van der Waals surface area contributed by atoms with Gasteiger partial charge < -0.3 is 35.4 Å². The van der Waals surface area contributed by atoms with E-state index in [1.807, 2.05) is 24.3 Å². The topological polar surface area (TPSA) is 134 Å². The molecule has 11 nitrogen and oxygen atoms in total. The number of hydrogen-bond acceptors (Lipinski definition) is 10. The van der Waals surface area contributed by atoms with Crippen LogP contribution in [0.5, 0.6) is 5.75 Å². The second-order valence-corrected chi connectivity index (χ2v) is 7.69. The Morgan fingerprint density at radius 2 is 2.03 bits per heavy atom. The normalized spacial score (nSPS) is 17.4. The highest BCUT2D eigenvalue weighted by Gasteiger charge is 2.20. The molecule has 176 valence electrons. The zero-order chi connectivity index (χ0) is 23.5. The number of morpholine rings is 1. The molecule has 0 aliphatic carbocycles. The Kier molecular flexibility index (Phi) is 6.06. The Bertz CT molecular complexity index is 1190. The molecule has 0 spiro atoms. The highest BCUT2D eigenvalue weighted by atomic mass is 19.1. The molecular weight excluding hydrogens is 445 g/mol. The molecule has 0 bridgehead atoms. The molecule has 5 rings (SSSR count). The van der Waals surface area contributed by atoms with Crippen LogP contribution in [0, 0.1) is 5.82 Å². The summed E-state index contributed by atoms with van der Waals surface area (Å²) in [5, 5.41) is 17.8. The summed E-state index contributed by atoms with van der Waals surface area (Å²) in [5.74, 6) is 0.106. The average molecular weight is 467 g/mol. The van der Waals surface area contributed by atoms with E-state index in [2.05, 4.69) is 35.8 Å². The number of nitrogens with zero attached hydrogens (tertiary/aromatic N) is 4. The molecule has 4 N–H and O–H groups in total. The Morgan fingerprint density at radius 3 is 2.85 bits per heavy atom. The number of pyridine rings is 1. The lowest BCUT2D eigenvalue weighted by molar-refractivity contribution is -0.118. The Balaban J connectivity index is 1.28. The largest absolute Gasteiger partial charge is 0.480 e. The highest BCUT2D eigenvalue weighted by Crippen LogP contribution is 2.29. The fourth-order valence-corrected chi connectivity index (χ4v) is 3.62. The second-order valence-electron chi connectivity index (χ2n) is 7.69. The van der Waals surface area contributed by atoms with Gasteiger partial charge in [-0.25, -0.2) is 14.4 Å². The molecule has 2 aliphatic rings. The van der Waals surface area contributed by atoms with Crippen molar-refractivity contribution in [3.05, 3.63) is 48.4 Å². The standard InChI is InChI=1S/C22H22FN7O4/c23-16-9-24-22(25-13-1-3-14(4-2-13)30-7-8-33-15(10-30)11-31)29-20(16)26-18-6-5-17-21(27-18)28-19(32)12-34-17/h1-6,9,15,31H,7-8,10-12H2,(H3,24,25,26,27,28,29,32). The second kappa shape index (κ2) is 9.45. The molecule has 2 aliphatic heterocycles. The van der Waals surface area contributed by atoms with Crippen LogP contribution < -0.4 is 25.6 Å².